The van der Waals surface area contributed by atoms with Gasteiger partial charge in [-0.1, -0.05) is 302 Å². The van der Waals surface area contributed by atoms with Crippen molar-refractivity contribution in [2.75, 3.05) is 47.5 Å². The molecule has 450 valence electrons. The highest BCUT2D eigenvalue weighted by Crippen LogP contribution is 2.19. The van der Waals surface area contributed by atoms with Gasteiger partial charge in [-0.2, -0.15) is 0 Å². The molecular weight excluding hydrogens is 947 g/mol. The van der Waals surface area contributed by atoms with E-state index in [0.717, 1.165) is 44.9 Å². The zero-order chi connectivity index (χ0) is 55.5. The van der Waals surface area contributed by atoms with Gasteiger partial charge in [-0.25, -0.2) is 0 Å². The van der Waals surface area contributed by atoms with Crippen molar-refractivity contribution < 1.29 is 42.9 Å². The van der Waals surface area contributed by atoms with Crippen LogP contribution in [0.15, 0.2) is 12.2 Å². The van der Waals surface area contributed by atoms with E-state index in [1.165, 1.54) is 263 Å². The molecule has 0 N–H and O–H groups in total. The fraction of sp³-hybridized carbons (Fsp3) is 0.925. The van der Waals surface area contributed by atoms with Gasteiger partial charge in [0.25, 0.3) is 0 Å². The fourth-order valence-electron chi connectivity index (χ4n) is 10.1. The van der Waals surface area contributed by atoms with Gasteiger partial charge in [0.2, 0.25) is 0 Å². The van der Waals surface area contributed by atoms with Crippen LogP contribution >= 0.6 is 0 Å². The van der Waals surface area contributed by atoms with Gasteiger partial charge in [-0.3, -0.25) is 9.59 Å². The summed E-state index contributed by atoms with van der Waals surface area (Å²) in [5, 5.41) is 11.8. The van der Waals surface area contributed by atoms with Crippen LogP contribution in [0.1, 0.15) is 341 Å². The average molecular weight is 1080 g/mol. The predicted octanol–water partition coefficient (Wildman–Crippen LogP) is 18.7. The van der Waals surface area contributed by atoms with Crippen molar-refractivity contribution in [2.45, 2.75) is 354 Å². The number of rotatable bonds is 63. The highest BCUT2D eigenvalue weighted by Gasteiger charge is 2.22. The number of ether oxygens (including phenoxy) is 4. The molecule has 0 aliphatic rings. The molecule has 2 unspecified atom stereocenters. The van der Waals surface area contributed by atoms with Crippen molar-refractivity contribution in [1.82, 2.24) is 0 Å². The Hall–Kier alpha value is -1.97. The Balaban J connectivity index is 3.98. The third-order valence-electron chi connectivity index (χ3n) is 15.3. The molecule has 0 aromatic rings. The molecule has 0 saturated carbocycles. The first-order chi connectivity index (χ1) is 37.1. The lowest BCUT2D eigenvalue weighted by atomic mass is 10.0. The second-order valence-corrected chi connectivity index (χ2v) is 24.1. The van der Waals surface area contributed by atoms with Crippen LogP contribution in [0.4, 0.5) is 0 Å². The Morgan fingerprint density at radius 3 is 0.974 bits per heavy atom. The minimum Gasteiger partial charge on any atom is -0.545 e. The second-order valence-electron chi connectivity index (χ2n) is 24.1. The van der Waals surface area contributed by atoms with Gasteiger partial charge >= 0.3 is 11.9 Å². The molecule has 0 amide bonds. The smallest absolute Gasteiger partial charge is 0.306 e. The van der Waals surface area contributed by atoms with Crippen LogP contribution in [0.25, 0.3) is 0 Å². The maximum atomic E-state index is 12.9. The van der Waals surface area contributed by atoms with E-state index in [2.05, 4.69) is 26.0 Å². The largest absolute Gasteiger partial charge is 0.545 e. The summed E-state index contributed by atoms with van der Waals surface area (Å²) in [5.41, 5.74) is 0. The lowest BCUT2D eigenvalue weighted by Gasteiger charge is -2.26. The summed E-state index contributed by atoms with van der Waals surface area (Å²) in [5.74, 6) is -2.26. The van der Waals surface area contributed by atoms with Crippen molar-refractivity contribution in [3.05, 3.63) is 12.2 Å². The standard InChI is InChI=1S/C67H129NO8/c1-6-8-10-12-14-16-18-20-22-24-25-26-27-28-29-30-31-32-33-34-35-36-37-38-39-40-42-43-45-47-49-51-53-55-57-64(69)74-61-63(62-75-67(66(71)72)73-60-59-68(3,4)5)76-65(70)58-56-54-52-50-48-46-44-41-23-21-19-17-15-13-11-9-7-2/h21,23,63,67H,6-20,22,24-62H2,1-5H3/b23-21-. The summed E-state index contributed by atoms with van der Waals surface area (Å²) in [6.45, 7) is 4.80. The van der Waals surface area contributed by atoms with Crippen molar-refractivity contribution in [3.8, 4) is 0 Å². The molecule has 0 aromatic carbocycles. The Morgan fingerprint density at radius 1 is 0.382 bits per heavy atom. The van der Waals surface area contributed by atoms with Gasteiger partial charge in [0, 0.05) is 12.8 Å². The van der Waals surface area contributed by atoms with Gasteiger partial charge in [-0.15, -0.1) is 0 Å². The number of unbranched alkanes of at least 4 members (excludes halogenated alkanes) is 46. The number of likely N-dealkylation sites (N-methyl/N-ethyl adjacent to an activating group) is 1. The number of esters is 2. The number of carboxylic acid groups (broad SMARTS) is 1. The third-order valence-corrected chi connectivity index (χ3v) is 15.3. The molecule has 76 heavy (non-hydrogen) atoms. The highest BCUT2D eigenvalue weighted by molar-refractivity contribution is 5.70. The Morgan fingerprint density at radius 2 is 0.671 bits per heavy atom. The maximum absolute atomic E-state index is 12.9. The number of nitrogens with zero attached hydrogens (tertiary/aromatic N) is 1. The molecular formula is C67H129NO8. The number of carboxylic acids is 1. The molecule has 2 atom stereocenters. The zero-order valence-electron chi connectivity index (χ0n) is 51.4. The predicted molar refractivity (Wildman–Crippen MR) is 320 cm³/mol. The average Bonchev–Trinajstić information content (AvgIpc) is 3.39. The van der Waals surface area contributed by atoms with E-state index in [4.69, 9.17) is 18.9 Å². The molecule has 9 heteroatoms. The number of aliphatic carboxylic acids is 1. The van der Waals surface area contributed by atoms with E-state index in [-0.39, 0.29) is 32.2 Å². The zero-order valence-corrected chi connectivity index (χ0v) is 51.4. The second kappa shape index (κ2) is 59.2. The SMILES string of the molecule is CCCCCCCC/C=C\CCCCCCCCCC(=O)OC(COC(=O)CCCCCCCCCCCCCCCCCCCCCCCCCCCCCCCCCCCC)COC(OCC[N+](C)(C)C)C(=O)[O-]. The van der Waals surface area contributed by atoms with E-state index >= 15 is 0 Å². The minimum atomic E-state index is -1.62. The van der Waals surface area contributed by atoms with Crippen LogP contribution in [-0.4, -0.2) is 82.3 Å². The van der Waals surface area contributed by atoms with Gasteiger partial charge in [0.1, 0.15) is 13.2 Å². The fourth-order valence-corrected chi connectivity index (χ4v) is 10.1. The lowest BCUT2D eigenvalue weighted by molar-refractivity contribution is -0.870. The molecule has 0 spiro atoms. The molecule has 0 bridgehead atoms. The first-order valence-electron chi connectivity index (χ1n) is 33.3. The van der Waals surface area contributed by atoms with E-state index in [9.17, 15) is 19.5 Å². The Bertz CT molecular complexity index is 1250. The van der Waals surface area contributed by atoms with Crippen LogP contribution in [0.3, 0.4) is 0 Å². The maximum Gasteiger partial charge on any atom is 0.306 e. The van der Waals surface area contributed by atoms with Crippen molar-refractivity contribution in [3.63, 3.8) is 0 Å². The summed E-state index contributed by atoms with van der Waals surface area (Å²) in [6.07, 6.45) is 67.3. The monoisotopic (exact) mass is 1080 g/mol. The molecule has 0 heterocycles. The van der Waals surface area contributed by atoms with E-state index in [1.54, 1.807) is 0 Å². The lowest BCUT2D eigenvalue weighted by Crippen LogP contribution is -2.44. The number of carbonyl (C=O) groups excluding carboxylic acids is 3. The molecule has 0 rings (SSSR count). The van der Waals surface area contributed by atoms with E-state index < -0.39 is 24.3 Å². The van der Waals surface area contributed by atoms with E-state index in [1.807, 2.05) is 21.1 Å². The van der Waals surface area contributed by atoms with Crippen LogP contribution < -0.4 is 5.11 Å². The molecule has 9 nitrogen and oxygen atoms in total. The van der Waals surface area contributed by atoms with Gasteiger partial charge in [0.15, 0.2) is 12.4 Å². The summed E-state index contributed by atoms with van der Waals surface area (Å²) in [6, 6.07) is 0. The van der Waals surface area contributed by atoms with Crippen molar-refractivity contribution in [2.24, 2.45) is 0 Å². The molecule has 0 fully saturated rings. The van der Waals surface area contributed by atoms with E-state index in [0.29, 0.717) is 23.9 Å². The molecule has 0 saturated heterocycles. The first-order valence-corrected chi connectivity index (χ1v) is 33.3. The van der Waals surface area contributed by atoms with Crippen LogP contribution in [-0.2, 0) is 33.3 Å². The van der Waals surface area contributed by atoms with Gasteiger partial charge < -0.3 is 33.3 Å². The molecule has 0 aliphatic heterocycles. The first kappa shape index (κ1) is 74.0. The molecule has 0 aliphatic carbocycles. The summed E-state index contributed by atoms with van der Waals surface area (Å²) >= 11 is 0. The summed E-state index contributed by atoms with van der Waals surface area (Å²) in [7, 11) is 5.94. The van der Waals surface area contributed by atoms with Crippen LogP contribution in [0.5, 0.6) is 0 Å². The normalized spacial score (nSPS) is 12.7. The minimum absolute atomic E-state index is 0.150. The van der Waals surface area contributed by atoms with Crippen molar-refractivity contribution in [1.29, 1.82) is 0 Å². The van der Waals surface area contributed by atoms with Crippen LogP contribution in [0.2, 0.25) is 0 Å². The topological polar surface area (TPSA) is 111 Å². The quantitative estimate of drug-likeness (QED) is 0.0195. The number of carbonyl (C=O) groups is 3. The van der Waals surface area contributed by atoms with Crippen LogP contribution in [0, 0.1) is 0 Å². The summed E-state index contributed by atoms with van der Waals surface area (Å²) in [4.78, 5) is 37.3. The van der Waals surface area contributed by atoms with Gasteiger partial charge in [0.05, 0.1) is 40.3 Å². The van der Waals surface area contributed by atoms with Crippen molar-refractivity contribution >= 4 is 17.9 Å². The van der Waals surface area contributed by atoms with Gasteiger partial charge in [-0.05, 0) is 38.5 Å². The Labute approximate surface area is 472 Å². The Kier molecular flexibility index (Phi) is 57.6. The number of hydrogen-bond donors (Lipinski definition) is 0. The number of allylic oxidation sites excluding steroid dienone is 2. The highest BCUT2D eigenvalue weighted by atomic mass is 16.7. The number of quaternary nitrogens is 1. The molecule has 0 radical (unpaired) electrons. The summed E-state index contributed by atoms with van der Waals surface area (Å²) < 4.78 is 22.8. The molecule has 0 aromatic heterocycles. The number of hydrogen-bond acceptors (Lipinski definition) is 8. The third kappa shape index (κ3) is 59.7.